The lowest BCUT2D eigenvalue weighted by Crippen LogP contribution is -2.48. The summed E-state index contributed by atoms with van der Waals surface area (Å²) in [5, 5.41) is 2.02. The molecule has 184 valence electrons. The van der Waals surface area contributed by atoms with Crippen LogP contribution < -0.4 is 4.74 Å². The van der Waals surface area contributed by atoms with Crippen molar-refractivity contribution in [3.05, 3.63) is 87.9 Å². The van der Waals surface area contributed by atoms with Crippen LogP contribution in [-0.4, -0.2) is 47.9 Å². The second-order valence-corrected chi connectivity index (χ2v) is 10.2. The summed E-state index contributed by atoms with van der Waals surface area (Å²) in [6.45, 7) is 5.39. The molecule has 0 spiro atoms. The molecule has 3 aromatic rings. The molecule has 0 aliphatic carbocycles. The second-order valence-electron chi connectivity index (χ2n) is 9.17. The summed E-state index contributed by atoms with van der Waals surface area (Å²) in [5.41, 5.74) is 1.61. The van der Waals surface area contributed by atoms with Crippen LogP contribution in [0.2, 0.25) is 0 Å². The molecule has 2 amide bonds. The molecule has 2 aromatic carbocycles. The largest absolute Gasteiger partial charge is 0.488 e. The van der Waals surface area contributed by atoms with Gasteiger partial charge in [0.1, 0.15) is 13.2 Å². The Morgan fingerprint density at radius 2 is 1.86 bits per heavy atom. The van der Waals surface area contributed by atoms with Gasteiger partial charge in [-0.2, -0.15) is 0 Å². The number of amides is 2. The Morgan fingerprint density at radius 1 is 1.11 bits per heavy atom. The van der Waals surface area contributed by atoms with E-state index in [-0.39, 0.29) is 36.8 Å². The number of ether oxygens (including phenoxy) is 1. The molecule has 35 heavy (non-hydrogen) atoms. The molecule has 1 atom stereocenters. The molecule has 0 N–H and O–H groups in total. The van der Waals surface area contributed by atoms with E-state index in [2.05, 4.69) is 13.8 Å². The molecule has 2 heterocycles. The van der Waals surface area contributed by atoms with E-state index in [1.165, 1.54) is 10.9 Å². The van der Waals surface area contributed by atoms with Gasteiger partial charge in [0.05, 0.1) is 6.04 Å². The summed E-state index contributed by atoms with van der Waals surface area (Å²) in [7, 11) is 0. The Labute approximate surface area is 210 Å². The van der Waals surface area contributed by atoms with Crippen LogP contribution in [0.4, 0.5) is 4.39 Å². The summed E-state index contributed by atoms with van der Waals surface area (Å²) in [5.74, 6) is -0.134. The molecular formula is C28H31FN2O3S. The van der Waals surface area contributed by atoms with Gasteiger partial charge in [0, 0.05) is 23.5 Å². The van der Waals surface area contributed by atoms with Crippen LogP contribution in [-0.2, 0) is 11.2 Å². The normalized spacial score (nSPS) is 15.1. The average molecular weight is 495 g/mol. The van der Waals surface area contributed by atoms with E-state index in [1.807, 2.05) is 29.6 Å². The van der Waals surface area contributed by atoms with E-state index >= 15 is 0 Å². The van der Waals surface area contributed by atoms with Gasteiger partial charge in [-0.1, -0.05) is 44.2 Å². The Balaban J connectivity index is 1.53. The first kappa shape index (κ1) is 24.9. The minimum Gasteiger partial charge on any atom is -0.488 e. The summed E-state index contributed by atoms with van der Waals surface area (Å²) >= 11 is 1.66. The molecular weight excluding hydrogens is 463 g/mol. The van der Waals surface area contributed by atoms with Crippen molar-refractivity contribution in [3.8, 4) is 5.75 Å². The molecule has 5 nitrogen and oxygen atoms in total. The van der Waals surface area contributed by atoms with Crippen LogP contribution in [0.25, 0.3) is 0 Å². The number of carbonyl (C=O) groups excluding carboxylic acids is 2. The molecule has 0 saturated heterocycles. The number of carbonyl (C=O) groups is 2. The highest BCUT2D eigenvalue weighted by Crippen LogP contribution is 2.34. The van der Waals surface area contributed by atoms with Crippen molar-refractivity contribution in [2.24, 2.45) is 5.92 Å². The summed E-state index contributed by atoms with van der Waals surface area (Å²) in [4.78, 5) is 31.5. The highest BCUT2D eigenvalue weighted by molar-refractivity contribution is 7.10. The molecule has 0 fully saturated rings. The minimum atomic E-state index is -0.431. The van der Waals surface area contributed by atoms with Gasteiger partial charge in [-0.05, 0) is 60.0 Å². The Hall–Kier alpha value is -3.19. The van der Waals surface area contributed by atoms with Crippen LogP contribution >= 0.6 is 11.3 Å². The van der Waals surface area contributed by atoms with Crippen molar-refractivity contribution < 1.29 is 18.7 Å². The molecule has 1 aromatic heterocycles. The number of rotatable bonds is 9. The minimum absolute atomic E-state index is 0.00385. The Morgan fingerprint density at radius 3 is 2.60 bits per heavy atom. The third-order valence-electron chi connectivity index (χ3n) is 6.26. The topological polar surface area (TPSA) is 49.9 Å². The van der Waals surface area contributed by atoms with E-state index in [0.717, 1.165) is 18.4 Å². The number of para-hydroxylation sites is 1. The Bertz CT molecular complexity index is 1150. The highest BCUT2D eigenvalue weighted by atomic mass is 32.1. The molecule has 4 rings (SSSR count). The maximum Gasteiger partial charge on any atom is 0.254 e. The monoisotopic (exact) mass is 494 g/mol. The number of halogens is 1. The van der Waals surface area contributed by atoms with E-state index < -0.39 is 5.82 Å². The zero-order chi connectivity index (χ0) is 24.8. The molecule has 0 saturated carbocycles. The first-order valence-corrected chi connectivity index (χ1v) is 12.9. The highest BCUT2D eigenvalue weighted by Gasteiger charge is 2.33. The van der Waals surface area contributed by atoms with Gasteiger partial charge >= 0.3 is 0 Å². The molecule has 0 unspecified atom stereocenters. The van der Waals surface area contributed by atoms with Gasteiger partial charge in [-0.15, -0.1) is 11.3 Å². The van der Waals surface area contributed by atoms with Crippen LogP contribution in [0.15, 0.2) is 66.0 Å². The molecule has 0 radical (unpaired) electrons. The number of fused-ring (bicyclic) bond motifs is 1. The predicted octanol–water partition coefficient (Wildman–Crippen LogP) is 5.58. The SMILES string of the molecule is CC(C)CCN(CC(=O)N1CCc2sccc2[C@@H]1COc1ccccc1F)C(=O)c1ccccc1. The van der Waals surface area contributed by atoms with Crippen molar-refractivity contribution in [2.75, 3.05) is 26.2 Å². The number of hydrogen-bond donors (Lipinski definition) is 0. The third kappa shape index (κ3) is 6.09. The zero-order valence-electron chi connectivity index (χ0n) is 20.2. The Kier molecular flexibility index (Phi) is 8.18. The lowest BCUT2D eigenvalue weighted by Gasteiger charge is -2.37. The van der Waals surface area contributed by atoms with Crippen molar-refractivity contribution in [3.63, 3.8) is 0 Å². The number of hydrogen-bond acceptors (Lipinski definition) is 4. The predicted molar refractivity (Wildman–Crippen MR) is 136 cm³/mol. The molecule has 1 aliphatic rings. The van der Waals surface area contributed by atoms with Crippen molar-refractivity contribution in [1.29, 1.82) is 0 Å². The molecule has 7 heteroatoms. The fourth-order valence-corrected chi connectivity index (χ4v) is 5.22. The van der Waals surface area contributed by atoms with Crippen molar-refractivity contribution in [2.45, 2.75) is 32.7 Å². The third-order valence-corrected chi connectivity index (χ3v) is 7.26. The van der Waals surface area contributed by atoms with E-state index in [1.54, 1.807) is 51.5 Å². The van der Waals surface area contributed by atoms with Gasteiger partial charge in [-0.3, -0.25) is 9.59 Å². The summed E-state index contributed by atoms with van der Waals surface area (Å²) in [6, 6.07) is 17.0. The quantitative estimate of drug-likeness (QED) is 0.390. The second kappa shape index (κ2) is 11.5. The van der Waals surface area contributed by atoms with E-state index in [0.29, 0.717) is 24.6 Å². The standard InChI is InChI=1S/C28H31FN2O3S/c1-20(2)12-15-30(28(33)21-8-4-3-5-9-21)18-27(32)31-16-13-26-22(14-17-35-26)24(31)19-34-25-11-7-6-10-23(25)29/h3-11,14,17,20,24H,12-13,15-16,18-19H2,1-2H3/t24-/m0/s1. The number of nitrogens with zero attached hydrogens (tertiary/aromatic N) is 2. The summed E-state index contributed by atoms with van der Waals surface area (Å²) < 4.78 is 20.0. The van der Waals surface area contributed by atoms with Gasteiger partial charge in [-0.25, -0.2) is 4.39 Å². The van der Waals surface area contributed by atoms with Gasteiger partial charge in [0.15, 0.2) is 11.6 Å². The fourth-order valence-electron chi connectivity index (χ4n) is 4.29. The van der Waals surface area contributed by atoms with Crippen LogP contribution in [0.3, 0.4) is 0 Å². The smallest absolute Gasteiger partial charge is 0.254 e. The molecule has 1 aliphatic heterocycles. The van der Waals surface area contributed by atoms with Gasteiger partial charge in [0.2, 0.25) is 5.91 Å². The lowest BCUT2D eigenvalue weighted by molar-refractivity contribution is -0.135. The van der Waals surface area contributed by atoms with Crippen LogP contribution in [0, 0.1) is 11.7 Å². The van der Waals surface area contributed by atoms with Crippen molar-refractivity contribution in [1.82, 2.24) is 9.80 Å². The maximum atomic E-state index is 14.2. The first-order valence-electron chi connectivity index (χ1n) is 12.0. The number of thiophene rings is 1. The van der Waals surface area contributed by atoms with Gasteiger partial charge < -0.3 is 14.5 Å². The number of benzene rings is 2. The maximum absolute atomic E-state index is 14.2. The van der Waals surface area contributed by atoms with Crippen LogP contribution in [0.1, 0.15) is 47.1 Å². The first-order chi connectivity index (χ1) is 16.9. The zero-order valence-corrected chi connectivity index (χ0v) is 21.0. The van der Waals surface area contributed by atoms with Crippen molar-refractivity contribution >= 4 is 23.2 Å². The fraction of sp³-hybridized carbons (Fsp3) is 0.357. The lowest BCUT2D eigenvalue weighted by atomic mass is 10.00. The molecule has 0 bridgehead atoms. The van der Waals surface area contributed by atoms with E-state index in [4.69, 9.17) is 4.74 Å². The van der Waals surface area contributed by atoms with Crippen LogP contribution in [0.5, 0.6) is 5.75 Å². The van der Waals surface area contributed by atoms with Gasteiger partial charge in [0.25, 0.3) is 5.91 Å². The summed E-state index contributed by atoms with van der Waals surface area (Å²) in [6.07, 6.45) is 1.56. The van der Waals surface area contributed by atoms with E-state index in [9.17, 15) is 14.0 Å². The average Bonchev–Trinajstić information content (AvgIpc) is 3.35.